The summed E-state index contributed by atoms with van der Waals surface area (Å²) in [6.45, 7) is 0.370. The SMILES string of the molecule is NCc1cc(-c2nc(-c3ccccn3)no2)ccn1. The zero-order chi connectivity index (χ0) is 13.1. The van der Waals surface area contributed by atoms with Crippen molar-refractivity contribution in [2.75, 3.05) is 0 Å². The Kier molecular flexibility index (Phi) is 2.99. The molecule has 19 heavy (non-hydrogen) atoms. The Labute approximate surface area is 109 Å². The third kappa shape index (κ3) is 2.34. The van der Waals surface area contributed by atoms with E-state index in [9.17, 15) is 0 Å². The first-order chi connectivity index (χ1) is 9.36. The molecule has 0 aliphatic heterocycles. The van der Waals surface area contributed by atoms with Gasteiger partial charge in [0.05, 0.1) is 5.69 Å². The standard InChI is InChI=1S/C13H11N5O/c14-8-10-7-9(4-6-15-10)13-17-12(18-19-13)11-3-1-2-5-16-11/h1-7H,8,14H2. The normalized spacial score (nSPS) is 10.6. The Bertz CT molecular complexity index is 680. The van der Waals surface area contributed by atoms with Crippen molar-refractivity contribution in [1.82, 2.24) is 20.1 Å². The molecule has 3 rings (SSSR count). The zero-order valence-electron chi connectivity index (χ0n) is 10.0. The van der Waals surface area contributed by atoms with Crippen molar-refractivity contribution in [2.24, 2.45) is 5.73 Å². The van der Waals surface area contributed by atoms with Crippen LogP contribution in [0.25, 0.3) is 23.0 Å². The van der Waals surface area contributed by atoms with Gasteiger partial charge < -0.3 is 10.3 Å². The smallest absolute Gasteiger partial charge is 0.258 e. The molecule has 0 aromatic carbocycles. The van der Waals surface area contributed by atoms with Crippen LogP contribution in [-0.4, -0.2) is 20.1 Å². The van der Waals surface area contributed by atoms with Crippen LogP contribution in [0, 0.1) is 0 Å². The van der Waals surface area contributed by atoms with Crippen LogP contribution in [0.15, 0.2) is 47.2 Å². The molecule has 3 aromatic rings. The van der Waals surface area contributed by atoms with E-state index in [0.29, 0.717) is 24.0 Å². The van der Waals surface area contributed by atoms with Crippen molar-refractivity contribution in [1.29, 1.82) is 0 Å². The highest BCUT2D eigenvalue weighted by Gasteiger charge is 2.11. The van der Waals surface area contributed by atoms with E-state index in [1.165, 1.54) is 0 Å². The van der Waals surface area contributed by atoms with Gasteiger partial charge in [0.15, 0.2) is 0 Å². The molecule has 3 heterocycles. The highest BCUT2D eigenvalue weighted by atomic mass is 16.5. The largest absolute Gasteiger partial charge is 0.334 e. The van der Waals surface area contributed by atoms with Crippen LogP contribution in [0.5, 0.6) is 0 Å². The lowest BCUT2D eigenvalue weighted by molar-refractivity contribution is 0.432. The Balaban J connectivity index is 1.97. The van der Waals surface area contributed by atoms with E-state index >= 15 is 0 Å². The molecule has 0 radical (unpaired) electrons. The van der Waals surface area contributed by atoms with Crippen molar-refractivity contribution in [3.05, 3.63) is 48.4 Å². The van der Waals surface area contributed by atoms with Gasteiger partial charge in [-0.15, -0.1) is 0 Å². The highest BCUT2D eigenvalue weighted by Crippen LogP contribution is 2.20. The monoisotopic (exact) mass is 253 g/mol. The summed E-state index contributed by atoms with van der Waals surface area (Å²) in [5.41, 5.74) is 7.80. The number of hydrogen-bond acceptors (Lipinski definition) is 6. The van der Waals surface area contributed by atoms with Gasteiger partial charge in [-0.25, -0.2) is 0 Å². The van der Waals surface area contributed by atoms with Crippen LogP contribution in [0.4, 0.5) is 0 Å². The Morgan fingerprint density at radius 2 is 2.05 bits per heavy atom. The third-order valence-electron chi connectivity index (χ3n) is 2.59. The molecule has 2 N–H and O–H groups in total. The molecule has 0 amide bonds. The molecule has 0 atom stereocenters. The Morgan fingerprint density at radius 3 is 2.84 bits per heavy atom. The second kappa shape index (κ2) is 4.95. The van der Waals surface area contributed by atoms with Crippen LogP contribution in [0.2, 0.25) is 0 Å². The molecule has 0 saturated carbocycles. The summed E-state index contributed by atoms with van der Waals surface area (Å²) in [6.07, 6.45) is 3.35. The molecule has 3 aromatic heterocycles. The summed E-state index contributed by atoms with van der Waals surface area (Å²) >= 11 is 0. The van der Waals surface area contributed by atoms with Crippen molar-refractivity contribution < 1.29 is 4.52 Å². The van der Waals surface area contributed by atoms with Gasteiger partial charge in [-0.1, -0.05) is 11.2 Å². The highest BCUT2D eigenvalue weighted by molar-refractivity contribution is 5.57. The van der Waals surface area contributed by atoms with E-state index in [1.54, 1.807) is 18.5 Å². The van der Waals surface area contributed by atoms with E-state index < -0.39 is 0 Å². The lowest BCUT2D eigenvalue weighted by Crippen LogP contribution is -1.98. The average molecular weight is 253 g/mol. The molecule has 0 aliphatic rings. The minimum Gasteiger partial charge on any atom is -0.334 e. The van der Waals surface area contributed by atoms with Gasteiger partial charge in [0, 0.05) is 24.5 Å². The summed E-state index contributed by atoms with van der Waals surface area (Å²) in [4.78, 5) is 12.6. The predicted molar refractivity (Wildman–Crippen MR) is 68.7 cm³/mol. The quantitative estimate of drug-likeness (QED) is 0.763. The second-order valence-electron chi connectivity index (χ2n) is 3.88. The van der Waals surface area contributed by atoms with Gasteiger partial charge in [-0.3, -0.25) is 9.97 Å². The van der Waals surface area contributed by atoms with Crippen molar-refractivity contribution in [3.63, 3.8) is 0 Å². The second-order valence-corrected chi connectivity index (χ2v) is 3.88. The number of pyridine rings is 2. The molecule has 0 spiro atoms. The first-order valence-electron chi connectivity index (χ1n) is 5.77. The number of rotatable bonds is 3. The summed E-state index contributed by atoms with van der Waals surface area (Å²) in [6, 6.07) is 9.16. The van der Waals surface area contributed by atoms with E-state index in [-0.39, 0.29) is 0 Å². The lowest BCUT2D eigenvalue weighted by atomic mass is 10.2. The van der Waals surface area contributed by atoms with Crippen LogP contribution in [-0.2, 0) is 6.54 Å². The van der Waals surface area contributed by atoms with E-state index in [0.717, 1.165) is 11.3 Å². The van der Waals surface area contributed by atoms with Gasteiger partial charge in [0.2, 0.25) is 5.82 Å². The molecule has 6 nitrogen and oxygen atoms in total. The van der Waals surface area contributed by atoms with Crippen molar-refractivity contribution >= 4 is 0 Å². The summed E-state index contributed by atoms with van der Waals surface area (Å²) in [5, 5.41) is 3.92. The predicted octanol–water partition coefficient (Wildman–Crippen LogP) is 1.65. The number of nitrogens with two attached hydrogens (primary N) is 1. The number of hydrogen-bond donors (Lipinski definition) is 1. The maximum atomic E-state index is 5.55. The summed E-state index contributed by atoms with van der Waals surface area (Å²) < 4.78 is 5.23. The first kappa shape index (κ1) is 11.5. The van der Waals surface area contributed by atoms with Crippen LogP contribution in [0.1, 0.15) is 5.69 Å². The fraction of sp³-hybridized carbons (Fsp3) is 0.0769. The topological polar surface area (TPSA) is 90.7 Å². The van der Waals surface area contributed by atoms with E-state index in [4.69, 9.17) is 10.3 Å². The summed E-state index contributed by atoms with van der Waals surface area (Å²) in [5.74, 6) is 0.888. The average Bonchev–Trinajstić information content (AvgIpc) is 2.98. The van der Waals surface area contributed by atoms with Gasteiger partial charge in [0.25, 0.3) is 5.89 Å². The van der Waals surface area contributed by atoms with Crippen LogP contribution < -0.4 is 5.73 Å². The van der Waals surface area contributed by atoms with Gasteiger partial charge in [-0.2, -0.15) is 4.98 Å². The molecule has 0 aliphatic carbocycles. The molecule has 0 fully saturated rings. The zero-order valence-corrected chi connectivity index (χ0v) is 10.0. The molecular weight excluding hydrogens is 242 g/mol. The van der Waals surface area contributed by atoms with Crippen LogP contribution >= 0.6 is 0 Å². The fourth-order valence-electron chi connectivity index (χ4n) is 1.66. The summed E-state index contributed by atoms with van der Waals surface area (Å²) in [7, 11) is 0. The van der Waals surface area contributed by atoms with Gasteiger partial charge in [-0.05, 0) is 24.3 Å². The Morgan fingerprint density at radius 1 is 1.11 bits per heavy atom. The molecule has 0 bridgehead atoms. The molecule has 0 saturated heterocycles. The minimum atomic E-state index is 0.370. The van der Waals surface area contributed by atoms with E-state index in [1.807, 2.05) is 24.3 Å². The molecule has 0 unspecified atom stereocenters. The maximum Gasteiger partial charge on any atom is 0.258 e. The Hall–Kier alpha value is -2.60. The third-order valence-corrected chi connectivity index (χ3v) is 2.59. The van der Waals surface area contributed by atoms with Crippen molar-refractivity contribution in [2.45, 2.75) is 6.54 Å². The molecule has 6 heteroatoms. The molecule has 94 valence electrons. The van der Waals surface area contributed by atoms with Gasteiger partial charge in [0.1, 0.15) is 5.69 Å². The first-order valence-corrected chi connectivity index (χ1v) is 5.77. The van der Waals surface area contributed by atoms with Crippen LogP contribution in [0.3, 0.4) is 0 Å². The van der Waals surface area contributed by atoms with E-state index in [2.05, 4.69) is 20.1 Å². The van der Waals surface area contributed by atoms with Crippen molar-refractivity contribution in [3.8, 4) is 23.0 Å². The fourth-order valence-corrected chi connectivity index (χ4v) is 1.66. The number of aromatic nitrogens is 4. The minimum absolute atomic E-state index is 0.370. The lowest BCUT2D eigenvalue weighted by Gasteiger charge is -1.97. The molecular formula is C13H11N5O. The number of nitrogens with zero attached hydrogens (tertiary/aromatic N) is 4. The van der Waals surface area contributed by atoms with Gasteiger partial charge >= 0.3 is 0 Å². The maximum absolute atomic E-state index is 5.55.